The number of ketones is 1. The van der Waals surface area contributed by atoms with Gasteiger partial charge >= 0.3 is 0 Å². The molecule has 0 radical (unpaired) electrons. The van der Waals surface area contributed by atoms with Crippen LogP contribution in [-0.4, -0.2) is 17.6 Å². The number of amides is 2. The molecule has 1 saturated heterocycles. The molecule has 6 nitrogen and oxygen atoms in total. The molecule has 1 fully saturated rings. The lowest BCUT2D eigenvalue weighted by atomic mass is 9.60. The maximum Gasteiger partial charge on any atom is 0.253 e. The van der Waals surface area contributed by atoms with Crippen molar-refractivity contribution in [2.75, 3.05) is 9.80 Å². The fraction of sp³-hybridized carbons (Fsp3) is 0.175. The van der Waals surface area contributed by atoms with Crippen molar-refractivity contribution in [3.8, 4) is 0 Å². The normalized spacial score (nSPS) is 24.5. The van der Waals surface area contributed by atoms with E-state index in [1.165, 1.54) is 6.92 Å². The summed E-state index contributed by atoms with van der Waals surface area (Å²) in [5.74, 6) is -1.63. The molecule has 3 aliphatic heterocycles. The van der Waals surface area contributed by atoms with E-state index in [1.807, 2.05) is 144 Å². The molecule has 0 aromatic heterocycles. The number of Topliss-reactive ketones (excluding diaryl/α,β-unsaturated/α-hetero) is 1. The van der Waals surface area contributed by atoms with E-state index in [9.17, 15) is 4.79 Å². The maximum atomic E-state index is 15.4. The molecule has 3 heterocycles. The molecule has 226 valence electrons. The number of anilines is 2. The van der Waals surface area contributed by atoms with E-state index in [0.717, 1.165) is 39.2 Å². The average Bonchev–Trinajstić information content (AvgIpc) is 3.64. The van der Waals surface area contributed by atoms with Crippen molar-refractivity contribution in [3.05, 3.63) is 167 Å². The van der Waals surface area contributed by atoms with Crippen LogP contribution >= 0.6 is 0 Å². The van der Waals surface area contributed by atoms with Gasteiger partial charge in [0.05, 0.1) is 25.0 Å². The fourth-order valence-corrected chi connectivity index (χ4v) is 8.36. The number of carbonyl (C=O) groups excluding carboxylic acids is 3. The zero-order valence-corrected chi connectivity index (χ0v) is 25.5. The molecule has 1 N–H and O–H groups in total. The van der Waals surface area contributed by atoms with Crippen molar-refractivity contribution in [1.29, 1.82) is 0 Å². The second-order valence-electron chi connectivity index (χ2n) is 12.5. The predicted octanol–water partition coefficient (Wildman–Crippen LogP) is 6.46. The van der Waals surface area contributed by atoms with E-state index in [0.29, 0.717) is 13.1 Å². The molecule has 5 aromatic carbocycles. The summed E-state index contributed by atoms with van der Waals surface area (Å²) in [6.45, 7) is 2.23. The summed E-state index contributed by atoms with van der Waals surface area (Å²) >= 11 is 0. The van der Waals surface area contributed by atoms with Gasteiger partial charge in [-0.25, -0.2) is 0 Å². The van der Waals surface area contributed by atoms with Crippen LogP contribution in [0.1, 0.15) is 40.8 Å². The smallest absolute Gasteiger partial charge is 0.253 e. The van der Waals surface area contributed by atoms with Crippen molar-refractivity contribution < 1.29 is 14.4 Å². The summed E-state index contributed by atoms with van der Waals surface area (Å²) in [5, 5.41) is 3.76. The third-order valence-electron chi connectivity index (χ3n) is 10.1. The average molecular weight is 604 g/mol. The minimum atomic E-state index is -1.47. The molecule has 3 aliphatic rings. The molecule has 0 aliphatic carbocycles. The first kappa shape index (κ1) is 28.2. The molecule has 4 atom stereocenters. The van der Waals surface area contributed by atoms with Crippen molar-refractivity contribution in [3.63, 3.8) is 0 Å². The van der Waals surface area contributed by atoms with Gasteiger partial charge in [-0.2, -0.15) is 0 Å². The first-order valence-corrected chi connectivity index (χ1v) is 15.7. The lowest BCUT2D eigenvalue weighted by Gasteiger charge is -2.37. The van der Waals surface area contributed by atoms with Gasteiger partial charge in [-0.15, -0.1) is 0 Å². The zero-order valence-electron chi connectivity index (χ0n) is 25.5. The summed E-state index contributed by atoms with van der Waals surface area (Å²) in [4.78, 5) is 48.6. The summed E-state index contributed by atoms with van der Waals surface area (Å²) in [6.07, 6.45) is 0. The van der Waals surface area contributed by atoms with E-state index in [1.54, 1.807) is 4.90 Å². The Morgan fingerprint density at radius 2 is 1.07 bits per heavy atom. The monoisotopic (exact) mass is 603 g/mol. The molecule has 46 heavy (non-hydrogen) atoms. The fourth-order valence-electron chi connectivity index (χ4n) is 8.36. The largest absolute Gasteiger partial charge is 0.307 e. The summed E-state index contributed by atoms with van der Waals surface area (Å²) in [7, 11) is 0. The van der Waals surface area contributed by atoms with Gasteiger partial charge in [0, 0.05) is 16.9 Å². The van der Waals surface area contributed by atoms with Crippen molar-refractivity contribution in [1.82, 2.24) is 5.32 Å². The van der Waals surface area contributed by atoms with Crippen LogP contribution in [0.5, 0.6) is 0 Å². The highest BCUT2D eigenvalue weighted by Crippen LogP contribution is 2.65. The number of fused-ring (bicyclic) bond motifs is 4. The topological polar surface area (TPSA) is 69.7 Å². The van der Waals surface area contributed by atoms with E-state index >= 15 is 9.59 Å². The lowest BCUT2D eigenvalue weighted by molar-refractivity contribution is -0.137. The first-order valence-electron chi connectivity index (χ1n) is 15.7. The van der Waals surface area contributed by atoms with Crippen LogP contribution in [0, 0.1) is 5.92 Å². The molecule has 2 amide bonds. The van der Waals surface area contributed by atoms with E-state index < -0.39 is 22.9 Å². The van der Waals surface area contributed by atoms with Crippen LogP contribution in [0.3, 0.4) is 0 Å². The Balaban J connectivity index is 1.38. The molecular formula is C40H33N3O3. The Morgan fingerprint density at radius 1 is 0.609 bits per heavy atom. The number of nitrogens with zero attached hydrogens (tertiary/aromatic N) is 2. The van der Waals surface area contributed by atoms with E-state index in [2.05, 4.69) is 5.32 Å². The van der Waals surface area contributed by atoms with Crippen molar-refractivity contribution in [2.45, 2.75) is 37.0 Å². The van der Waals surface area contributed by atoms with Gasteiger partial charge in [-0.05, 0) is 41.3 Å². The third kappa shape index (κ3) is 3.83. The highest BCUT2D eigenvalue weighted by atomic mass is 16.2. The highest BCUT2D eigenvalue weighted by molar-refractivity contribution is 6.17. The molecular weight excluding hydrogens is 570 g/mol. The number of para-hydroxylation sites is 2. The number of benzene rings is 5. The third-order valence-corrected chi connectivity index (χ3v) is 10.1. The number of hydrogen-bond donors (Lipinski definition) is 1. The van der Waals surface area contributed by atoms with Gasteiger partial charge in [-0.1, -0.05) is 127 Å². The summed E-state index contributed by atoms with van der Waals surface area (Å²) in [6, 6.07) is 44.4. The molecule has 0 bridgehead atoms. The van der Waals surface area contributed by atoms with Crippen LogP contribution in [0.15, 0.2) is 140 Å². The Morgan fingerprint density at radius 3 is 1.63 bits per heavy atom. The van der Waals surface area contributed by atoms with Crippen LogP contribution in [0.2, 0.25) is 0 Å². The van der Waals surface area contributed by atoms with E-state index in [4.69, 9.17) is 0 Å². The van der Waals surface area contributed by atoms with Crippen molar-refractivity contribution >= 4 is 29.0 Å². The van der Waals surface area contributed by atoms with Crippen molar-refractivity contribution in [2.24, 2.45) is 5.92 Å². The van der Waals surface area contributed by atoms with Crippen LogP contribution in [0.25, 0.3) is 0 Å². The number of carbonyl (C=O) groups is 3. The predicted molar refractivity (Wildman–Crippen MR) is 178 cm³/mol. The van der Waals surface area contributed by atoms with Gasteiger partial charge in [0.2, 0.25) is 5.91 Å². The van der Waals surface area contributed by atoms with E-state index in [-0.39, 0.29) is 17.6 Å². The van der Waals surface area contributed by atoms with Gasteiger partial charge in [0.1, 0.15) is 16.7 Å². The van der Waals surface area contributed by atoms with Crippen LogP contribution < -0.4 is 15.1 Å². The minimum absolute atomic E-state index is 0.178. The number of hydrogen-bond acceptors (Lipinski definition) is 4. The van der Waals surface area contributed by atoms with Gasteiger partial charge in [0.25, 0.3) is 5.91 Å². The Labute approximate surface area is 268 Å². The molecule has 5 aromatic rings. The number of nitrogens with one attached hydrogen (secondary N) is 1. The second-order valence-corrected chi connectivity index (χ2v) is 12.5. The standard InChI is InChI=1S/C40H33N3O3/c1-27(44)35-39(31-21-11-13-23-33(31)42(37(39)45)25-28-15-5-2-6-16-28)36(30-19-9-4-10-20-30)41-40(35)32-22-12-14-24-34(32)43(38(40)46)26-29-17-7-3-8-18-29/h2-24,35-36,41H,25-26H2,1H3. The van der Waals surface area contributed by atoms with Gasteiger partial charge < -0.3 is 9.80 Å². The molecule has 0 saturated carbocycles. The number of rotatable bonds is 6. The Hall–Kier alpha value is -5.33. The van der Waals surface area contributed by atoms with Gasteiger partial charge in [-0.3, -0.25) is 19.7 Å². The first-order chi connectivity index (χ1) is 22.5. The molecule has 6 heteroatoms. The molecule has 2 spiro atoms. The Kier molecular flexibility index (Phi) is 6.51. The highest BCUT2D eigenvalue weighted by Gasteiger charge is 2.76. The minimum Gasteiger partial charge on any atom is -0.307 e. The van der Waals surface area contributed by atoms with Gasteiger partial charge in [0.15, 0.2) is 0 Å². The van der Waals surface area contributed by atoms with Crippen LogP contribution in [-0.2, 0) is 38.4 Å². The second kappa shape index (κ2) is 10.6. The maximum absolute atomic E-state index is 15.4. The molecule has 4 unspecified atom stereocenters. The summed E-state index contributed by atoms with van der Waals surface area (Å²) in [5.41, 5.74) is 2.96. The summed E-state index contributed by atoms with van der Waals surface area (Å²) < 4.78 is 0. The molecule has 8 rings (SSSR count). The SMILES string of the molecule is CC(=O)C1C2(NC(c3ccccc3)C13C(=O)N(Cc1ccccc1)c1ccccc13)C(=O)N(Cc1ccccc1)c1ccccc12. The zero-order chi connectivity index (χ0) is 31.5. The van der Waals surface area contributed by atoms with Crippen LogP contribution in [0.4, 0.5) is 11.4 Å². The Bertz CT molecular complexity index is 1980. The quantitative estimate of drug-likeness (QED) is 0.242. The lowest BCUT2D eigenvalue weighted by Crippen LogP contribution is -2.56.